The van der Waals surface area contributed by atoms with Gasteiger partial charge in [-0.3, -0.25) is 19.6 Å². The monoisotopic (exact) mass is 527 g/mol. The number of carbonyl (C=O) groups is 1. The molecule has 0 aliphatic carbocycles. The quantitative estimate of drug-likeness (QED) is 0.199. The molecule has 1 N–H and O–H groups in total. The number of nitro groups is 1. The standard InChI is InChI=1S/C22H15BrClN5O4/c23-15-3-1-14(2-4-15)13-28-10-9-20(27-28)22(30)26-25-12-17-6-8-21(33-17)18-11-16(29(31)32)5-7-19(18)24/h1-12H,13H2,(H,26,30)/b25-12-. The number of nitro benzene ring substituents is 1. The predicted octanol–water partition coefficient (Wildman–Crippen LogP) is 5.28. The molecule has 2 aromatic carbocycles. The predicted molar refractivity (Wildman–Crippen MR) is 126 cm³/mol. The van der Waals surface area contributed by atoms with E-state index in [9.17, 15) is 14.9 Å². The molecular weight excluding hydrogens is 514 g/mol. The Balaban J connectivity index is 1.38. The number of amides is 1. The van der Waals surface area contributed by atoms with Gasteiger partial charge in [-0.15, -0.1) is 0 Å². The smallest absolute Gasteiger partial charge is 0.291 e. The van der Waals surface area contributed by atoms with Gasteiger partial charge in [0.05, 0.1) is 22.7 Å². The summed E-state index contributed by atoms with van der Waals surface area (Å²) >= 11 is 9.53. The van der Waals surface area contributed by atoms with E-state index in [0.717, 1.165) is 10.0 Å². The summed E-state index contributed by atoms with van der Waals surface area (Å²) in [7, 11) is 0. The minimum absolute atomic E-state index is 0.104. The number of carbonyl (C=O) groups excluding carboxylic acids is 1. The average molecular weight is 529 g/mol. The largest absolute Gasteiger partial charge is 0.455 e. The molecule has 0 unspecified atom stereocenters. The first-order valence-corrected chi connectivity index (χ1v) is 10.7. The number of furan rings is 1. The molecule has 2 aromatic heterocycles. The zero-order valence-corrected chi connectivity index (χ0v) is 19.2. The highest BCUT2D eigenvalue weighted by Crippen LogP contribution is 2.32. The van der Waals surface area contributed by atoms with Crippen LogP contribution in [0.1, 0.15) is 21.8 Å². The Hall–Kier alpha value is -3.76. The third-order valence-corrected chi connectivity index (χ3v) is 5.40. The third kappa shape index (κ3) is 5.54. The summed E-state index contributed by atoms with van der Waals surface area (Å²) in [4.78, 5) is 22.8. The van der Waals surface area contributed by atoms with Gasteiger partial charge in [0.15, 0.2) is 5.69 Å². The summed E-state index contributed by atoms with van der Waals surface area (Å²) < 4.78 is 8.26. The van der Waals surface area contributed by atoms with Crippen LogP contribution in [0.2, 0.25) is 5.02 Å². The Morgan fingerprint density at radius 1 is 1.21 bits per heavy atom. The molecule has 0 aliphatic rings. The van der Waals surface area contributed by atoms with Crippen molar-refractivity contribution in [1.29, 1.82) is 0 Å². The third-order valence-electron chi connectivity index (χ3n) is 4.54. The summed E-state index contributed by atoms with van der Waals surface area (Å²) in [5.74, 6) is 0.186. The van der Waals surface area contributed by atoms with Gasteiger partial charge in [0.25, 0.3) is 11.6 Å². The van der Waals surface area contributed by atoms with Crippen molar-refractivity contribution in [3.63, 3.8) is 0 Å². The van der Waals surface area contributed by atoms with Crippen LogP contribution in [-0.2, 0) is 6.54 Å². The van der Waals surface area contributed by atoms with Crippen LogP contribution >= 0.6 is 27.5 Å². The van der Waals surface area contributed by atoms with Gasteiger partial charge in [-0.05, 0) is 42.0 Å². The number of aromatic nitrogens is 2. The maximum atomic E-state index is 12.3. The summed E-state index contributed by atoms with van der Waals surface area (Å²) in [5.41, 5.74) is 3.93. The Morgan fingerprint density at radius 3 is 2.76 bits per heavy atom. The van der Waals surface area contributed by atoms with Crippen molar-refractivity contribution in [3.8, 4) is 11.3 Å². The van der Waals surface area contributed by atoms with Gasteiger partial charge in [-0.2, -0.15) is 10.2 Å². The second-order valence-corrected chi connectivity index (χ2v) is 8.17. The first-order chi connectivity index (χ1) is 15.9. The molecule has 9 nitrogen and oxygen atoms in total. The van der Waals surface area contributed by atoms with Crippen LogP contribution in [0.3, 0.4) is 0 Å². The first-order valence-electron chi connectivity index (χ1n) is 9.54. The minimum atomic E-state index is -0.513. The number of rotatable bonds is 7. The van der Waals surface area contributed by atoms with Crippen LogP contribution in [0, 0.1) is 10.1 Å². The van der Waals surface area contributed by atoms with Gasteiger partial charge in [-0.1, -0.05) is 39.7 Å². The summed E-state index contributed by atoms with van der Waals surface area (Å²) in [6, 6.07) is 16.7. The molecule has 0 radical (unpaired) electrons. The molecule has 0 saturated heterocycles. The topological polar surface area (TPSA) is 116 Å². The number of hydrogen-bond donors (Lipinski definition) is 1. The molecule has 0 bridgehead atoms. The van der Waals surface area contributed by atoms with Crippen LogP contribution in [-0.4, -0.2) is 26.8 Å². The molecule has 11 heteroatoms. The van der Waals surface area contributed by atoms with Crippen LogP contribution in [0.5, 0.6) is 0 Å². The van der Waals surface area contributed by atoms with E-state index in [-0.39, 0.29) is 11.4 Å². The van der Waals surface area contributed by atoms with Crippen LogP contribution in [0.4, 0.5) is 5.69 Å². The molecular formula is C22H15BrClN5O4. The molecule has 2 heterocycles. The normalized spacial score (nSPS) is 11.1. The molecule has 0 aliphatic heterocycles. The van der Waals surface area contributed by atoms with E-state index in [1.807, 2.05) is 24.3 Å². The lowest BCUT2D eigenvalue weighted by atomic mass is 10.1. The van der Waals surface area contributed by atoms with Gasteiger partial charge in [0.1, 0.15) is 11.5 Å². The molecule has 0 fully saturated rings. The number of nitrogens with one attached hydrogen (secondary N) is 1. The number of nitrogens with zero attached hydrogens (tertiary/aromatic N) is 4. The summed E-state index contributed by atoms with van der Waals surface area (Å²) in [5, 5.41) is 19.4. The van der Waals surface area contributed by atoms with E-state index >= 15 is 0 Å². The number of benzene rings is 2. The highest BCUT2D eigenvalue weighted by atomic mass is 79.9. The van der Waals surface area contributed by atoms with E-state index in [2.05, 4.69) is 31.6 Å². The first kappa shape index (κ1) is 22.4. The number of hydrazone groups is 1. The van der Waals surface area contributed by atoms with E-state index in [0.29, 0.717) is 28.7 Å². The molecule has 166 valence electrons. The molecule has 4 aromatic rings. The molecule has 0 saturated carbocycles. The molecule has 4 rings (SSSR count). The van der Waals surface area contributed by atoms with Crippen molar-refractivity contribution in [1.82, 2.24) is 15.2 Å². The van der Waals surface area contributed by atoms with Crippen molar-refractivity contribution in [2.75, 3.05) is 0 Å². The van der Waals surface area contributed by atoms with Crippen LogP contribution in [0.15, 0.2) is 80.9 Å². The maximum absolute atomic E-state index is 12.3. The van der Waals surface area contributed by atoms with E-state index < -0.39 is 10.8 Å². The lowest BCUT2D eigenvalue weighted by Crippen LogP contribution is -2.18. The Morgan fingerprint density at radius 2 is 2.00 bits per heavy atom. The molecule has 0 atom stereocenters. The number of hydrogen-bond acceptors (Lipinski definition) is 6. The van der Waals surface area contributed by atoms with Gasteiger partial charge >= 0.3 is 0 Å². The minimum Gasteiger partial charge on any atom is -0.455 e. The Labute approximate surface area is 200 Å². The van der Waals surface area contributed by atoms with Crippen molar-refractivity contribution < 1.29 is 14.1 Å². The highest BCUT2D eigenvalue weighted by molar-refractivity contribution is 9.10. The van der Waals surface area contributed by atoms with Crippen molar-refractivity contribution in [2.24, 2.45) is 5.10 Å². The van der Waals surface area contributed by atoms with Gasteiger partial charge < -0.3 is 4.42 Å². The fourth-order valence-electron chi connectivity index (χ4n) is 2.94. The fourth-order valence-corrected chi connectivity index (χ4v) is 3.42. The van der Waals surface area contributed by atoms with Crippen LogP contribution in [0.25, 0.3) is 11.3 Å². The van der Waals surface area contributed by atoms with E-state index in [1.165, 1.54) is 24.4 Å². The lowest BCUT2D eigenvalue weighted by molar-refractivity contribution is -0.384. The molecule has 33 heavy (non-hydrogen) atoms. The van der Waals surface area contributed by atoms with Crippen molar-refractivity contribution in [3.05, 3.63) is 103 Å². The second-order valence-electron chi connectivity index (χ2n) is 6.85. The fraction of sp³-hybridized carbons (Fsp3) is 0.0455. The summed E-state index contributed by atoms with van der Waals surface area (Å²) in [6.45, 7) is 0.527. The zero-order valence-electron chi connectivity index (χ0n) is 16.8. The van der Waals surface area contributed by atoms with E-state index in [4.69, 9.17) is 16.0 Å². The SMILES string of the molecule is O=C(N/N=C\c1ccc(-c2cc([N+](=O)[O-])ccc2Cl)o1)c1ccn(Cc2ccc(Br)cc2)n1. The van der Waals surface area contributed by atoms with Crippen molar-refractivity contribution >= 4 is 45.3 Å². The Bertz CT molecular complexity index is 1350. The zero-order chi connectivity index (χ0) is 23.4. The lowest BCUT2D eigenvalue weighted by Gasteiger charge is -2.02. The van der Waals surface area contributed by atoms with E-state index in [1.54, 1.807) is 29.1 Å². The average Bonchev–Trinajstić information content (AvgIpc) is 3.45. The molecule has 1 amide bonds. The number of non-ortho nitro benzene ring substituents is 1. The second kappa shape index (κ2) is 9.80. The number of halogens is 2. The Kier molecular flexibility index (Phi) is 6.66. The maximum Gasteiger partial charge on any atom is 0.291 e. The van der Waals surface area contributed by atoms with Crippen molar-refractivity contribution in [2.45, 2.75) is 6.54 Å². The molecule has 0 spiro atoms. The van der Waals surface area contributed by atoms with Gasteiger partial charge in [-0.25, -0.2) is 5.43 Å². The van der Waals surface area contributed by atoms with Gasteiger partial charge in [0.2, 0.25) is 0 Å². The van der Waals surface area contributed by atoms with Crippen LogP contribution < -0.4 is 5.43 Å². The van der Waals surface area contributed by atoms with Gasteiger partial charge in [0, 0.05) is 28.4 Å². The highest BCUT2D eigenvalue weighted by Gasteiger charge is 2.14. The summed E-state index contributed by atoms with van der Waals surface area (Å²) in [6.07, 6.45) is 3.02.